The Morgan fingerprint density at radius 1 is 1.29 bits per heavy atom. The Bertz CT molecular complexity index is 1200. The van der Waals surface area contributed by atoms with Crippen LogP contribution in [0.1, 0.15) is 29.1 Å². The number of aliphatic hydroxyl groups is 1. The Kier molecular flexibility index (Phi) is 5.00. The fourth-order valence-electron chi connectivity index (χ4n) is 2.81. The second-order valence-corrected chi connectivity index (χ2v) is 7.31. The van der Waals surface area contributed by atoms with Crippen LogP contribution in [0.3, 0.4) is 0 Å². The van der Waals surface area contributed by atoms with Crippen molar-refractivity contribution in [3.05, 3.63) is 73.7 Å². The van der Waals surface area contributed by atoms with E-state index in [0.717, 1.165) is 0 Å². The van der Waals surface area contributed by atoms with Crippen LogP contribution in [0.4, 0.5) is 0 Å². The van der Waals surface area contributed by atoms with Crippen molar-refractivity contribution in [2.24, 2.45) is 0 Å². The number of benzene rings is 1. The molecule has 4 rings (SSSR count). The number of hydrogen-bond acceptors (Lipinski definition) is 7. The molecule has 1 atom stereocenters. The summed E-state index contributed by atoms with van der Waals surface area (Å²) in [6, 6.07) is 6.88. The molecule has 0 saturated heterocycles. The Hall–Kier alpha value is -2.56. The lowest BCUT2D eigenvalue weighted by atomic mass is 10.1. The van der Waals surface area contributed by atoms with Crippen LogP contribution < -0.4 is 5.56 Å². The molecule has 0 bridgehead atoms. The average Bonchev–Trinajstić information content (AvgIpc) is 3.22. The molecule has 0 amide bonds. The molecular formula is C17H14BrClN6O3. The molecule has 3 aromatic heterocycles. The molecule has 0 radical (unpaired) electrons. The first-order valence-corrected chi connectivity index (χ1v) is 9.44. The van der Waals surface area contributed by atoms with E-state index in [4.69, 9.17) is 16.1 Å². The van der Waals surface area contributed by atoms with Crippen molar-refractivity contribution in [2.75, 3.05) is 0 Å². The van der Waals surface area contributed by atoms with E-state index in [9.17, 15) is 9.90 Å². The first kappa shape index (κ1) is 18.8. The lowest BCUT2D eigenvalue weighted by Crippen LogP contribution is -2.24. The van der Waals surface area contributed by atoms with Gasteiger partial charge in [0.15, 0.2) is 16.1 Å². The summed E-state index contributed by atoms with van der Waals surface area (Å²) in [5, 5.41) is 19.0. The van der Waals surface area contributed by atoms with Gasteiger partial charge in [-0.25, -0.2) is 9.50 Å². The maximum absolute atomic E-state index is 12.7. The minimum absolute atomic E-state index is 0.0641. The second kappa shape index (κ2) is 7.46. The van der Waals surface area contributed by atoms with Crippen LogP contribution in [-0.4, -0.2) is 34.4 Å². The van der Waals surface area contributed by atoms with Crippen LogP contribution in [0.25, 0.3) is 5.52 Å². The summed E-state index contributed by atoms with van der Waals surface area (Å²) in [6.07, 6.45) is 0.759. The van der Waals surface area contributed by atoms with Crippen LogP contribution in [0.15, 0.2) is 44.6 Å². The number of hydrogen-bond donors (Lipinski definition) is 1. The summed E-state index contributed by atoms with van der Waals surface area (Å²) in [4.78, 5) is 21.1. The van der Waals surface area contributed by atoms with E-state index < -0.39 is 6.10 Å². The summed E-state index contributed by atoms with van der Waals surface area (Å²) in [7, 11) is 0. The van der Waals surface area contributed by atoms with Gasteiger partial charge >= 0.3 is 0 Å². The molecule has 28 heavy (non-hydrogen) atoms. The number of halogens is 2. The van der Waals surface area contributed by atoms with Gasteiger partial charge in [-0.1, -0.05) is 28.9 Å². The highest BCUT2D eigenvalue weighted by molar-refractivity contribution is 9.10. The van der Waals surface area contributed by atoms with E-state index >= 15 is 0 Å². The predicted molar refractivity (Wildman–Crippen MR) is 103 cm³/mol. The second-order valence-electron chi connectivity index (χ2n) is 6.17. The third-order valence-electron chi connectivity index (χ3n) is 4.21. The molecule has 0 fully saturated rings. The Balaban J connectivity index is 1.53. The van der Waals surface area contributed by atoms with Crippen LogP contribution in [0.5, 0.6) is 0 Å². The van der Waals surface area contributed by atoms with Crippen LogP contribution in [-0.2, 0) is 13.0 Å². The number of aliphatic hydroxyl groups excluding tert-OH is 1. The van der Waals surface area contributed by atoms with Crippen molar-refractivity contribution in [1.82, 2.24) is 29.3 Å². The zero-order valence-electron chi connectivity index (χ0n) is 14.6. The molecule has 0 spiro atoms. The van der Waals surface area contributed by atoms with Gasteiger partial charge in [0.2, 0.25) is 5.89 Å². The molecule has 0 aliphatic rings. The minimum Gasteiger partial charge on any atom is -0.388 e. The SMILES string of the molecule is Cc1nc(Br)n2ncn(Cc3nc(CC(O)c4ccc(Cl)cc4)no3)c(=O)c12. The fourth-order valence-corrected chi connectivity index (χ4v) is 3.47. The molecular weight excluding hydrogens is 452 g/mol. The molecule has 4 aromatic rings. The highest BCUT2D eigenvalue weighted by atomic mass is 79.9. The third-order valence-corrected chi connectivity index (χ3v) is 4.97. The molecule has 1 N–H and O–H groups in total. The fraction of sp³-hybridized carbons (Fsp3) is 0.235. The largest absolute Gasteiger partial charge is 0.388 e. The number of aromatic nitrogens is 6. The summed E-state index contributed by atoms with van der Waals surface area (Å²) < 4.78 is 8.46. The average molecular weight is 466 g/mol. The topological polar surface area (TPSA) is 111 Å². The van der Waals surface area contributed by atoms with Crippen molar-refractivity contribution in [3.63, 3.8) is 0 Å². The normalized spacial score (nSPS) is 12.6. The molecule has 11 heteroatoms. The lowest BCUT2D eigenvalue weighted by Gasteiger charge is -2.08. The van der Waals surface area contributed by atoms with E-state index in [1.807, 2.05) is 0 Å². The van der Waals surface area contributed by atoms with Crippen molar-refractivity contribution in [1.29, 1.82) is 0 Å². The highest BCUT2D eigenvalue weighted by Gasteiger charge is 2.16. The van der Waals surface area contributed by atoms with Crippen molar-refractivity contribution >= 4 is 33.0 Å². The highest BCUT2D eigenvalue weighted by Crippen LogP contribution is 2.19. The molecule has 144 valence electrons. The molecule has 9 nitrogen and oxygen atoms in total. The van der Waals surface area contributed by atoms with Gasteiger partial charge in [-0.3, -0.25) is 9.36 Å². The molecule has 3 heterocycles. The Morgan fingerprint density at radius 3 is 2.79 bits per heavy atom. The monoisotopic (exact) mass is 464 g/mol. The number of nitrogens with zero attached hydrogens (tertiary/aromatic N) is 6. The molecule has 1 aromatic carbocycles. The zero-order chi connectivity index (χ0) is 19.8. The Labute approximate surface area is 171 Å². The minimum atomic E-state index is -0.796. The van der Waals surface area contributed by atoms with Gasteiger partial charge in [0.1, 0.15) is 12.9 Å². The molecule has 1 unspecified atom stereocenters. The maximum atomic E-state index is 12.7. The number of rotatable bonds is 5. The van der Waals surface area contributed by atoms with Crippen molar-refractivity contribution in [2.45, 2.75) is 26.0 Å². The molecule has 0 saturated carbocycles. The number of imidazole rings is 1. The Morgan fingerprint density at radius 2 is 2.04 bits per heavy atom. The predicted octanol–water partition coefficient (Wildman–Crippen LogP) is 2.32. The van der Waals surface area contributed by atoms with Gasteiger partial charge in [-0.2, -0.15) is 10.1 Å². The van der Waals surface area contributed by atoms with E-state index in [1.165, 1.54) is 15.4 Å². The van der Waals surface area contributed by atoms with Gasteiger partial charge in [-0.15, -0.1) is 0 Å². The van der Waals surface area contributed by atoms with Crippen LogP contribution in [0, 0.1) is 6.92 Å². The number of aryl methyl sites for hydroxylation is 1. The first-order chi connectivity index (χ1) is 13.4. The van der Waals surface area contributed by atoms with E-state index in [0.29, 0.717) is 32.4 Å². The molecule has 0 aliphatic heterocycles. The summed E-state index contributed by atoms with van der Waals surface area (Å²) in [5.41, 5.74) is 1.36. The molecule has 0 aliphatic carbocycles. The van der Waals surface area contributed by atoms with Gasteiger partial charge in [0.25, 0.3) is 5.56 Å². The van der Waals surface area contributed by atoms with E-state index in [2.05, 4.69) is 36.2 Å². The van der Waals surface area contributed by atoms with Gasteiger partial charge in [0, 0.05) is 11.4 Å². The van der Waals surface area contributed by atoms with Gasteiger partial charge < -0.3 is 9.63 Å². The zero-order valence-corrected chi connectivity index (χ0v) is 16.9. The summed E-state index contributed by atoms with van der Waals surface area (Å²) in [5.74, 6) is 0.575. The van der Waals surface area contributed by atoms with Crippen molar-refractivity contribution < 1.29 is 9.63 Å². The van der Waals surface area contributed by atoms with Crippen LogP contribution >= 0.6 is 27.5 Å². The van der Waals surface area contributed by atoms with Gasteiger partial charge in [0.05, 0.1) is 11.8 Å². The quantitative estimate of drug-likeness (QED) is 0.481. The first-order valence-electron chi connectivity index (χ1n) is 8.27. The number of fused-ring (bicyclic) bond motifs is 1. The standard InChI is InChI=1S/C17H14BrClN6O3/c1-9-15-16(27)24(8-20-25(15)17(18)21-9)7-14-22-13(23-28-14)6-12(26)10-2-4-11(19)5-3-10/h2-5,8,12,26H,6-7H2,1H3. The summed E-state index contributed by atoms with van der Waals surface area (Å²) in [6.45, 7) is 1.80. The smallest absolute Gasteiger partial charge is 0.280 e. The van der Waals surface area contributed by atoms with Crippen molar-refractivity contribution in [3.8, 4) is 0 Å². The van der Waals surface area contributed by atoms with E-state index in [-0.39, 0.29) is 24.4 Å². The van der Waals surface area contributed by atoms with Crippen LogP contribution in [0.2, 0.25) is 5.02 Å². The summed E-state index contributed by atoms with van der Waals surface area (Å²) >= 11 is 9.12. The maximum Gasteiger partial charge on any atom is 0.280 e. The van der Waals surface area contributed by atoms with Gasteiger partial charge in [-0.05, 0) is 40.5 Å². The lowest BCUT2D eigenvalue weighted by molar-refractivity contribution is 0.174. The third kappa shape index (κ3) is 3.58. The van der Waals surface area contributed by atoms with E-state index in [1.54, 1.807) is 31.2 Å².